The number of aliphatic hydroxyl groups excluding tert-OH is 1. The average Bonchev–Trinajstić information content (AvgIpc) is 2.36. The lowest BCUT2D eigenvalue weighted by Crippen LogP contribution is -2.31. The molecular formula is C10H17NO2. The average molecular weight is 183 g/mol. The molecule has 1 N–H and O–H groups in total. The van der Waals surface area contributed by atoms with E-state index in [1.807, 2.05) is 11.9 Å². The van der Waals surface area contributed by atoms with Crippen LogP contribution >= 0.6 is 0 Å². The third-order valence-electron chi connectivity index (χ3n) is 3.54. The molecule has 1 saturated carbocycles. The first-order valence-corrected chi connectivity index (χ1v) is 5.03. The molecule has 0 bridgehead atoms. The smallest absolute Gasteiger partial charge is 0.222 e. The van der Waals surface area contributed by atoms with Gasteiger partial charge in [-0.1, -0.05) is 0 Å². The molecule has 2 rings (SSSR count). The number of rotatable bonds is 0. The Morgan fingerprint density at radius 2 is 2.08 bits per heavy atom. The third kappa shape index (κ3) is 1.57. The molecule has 2 aliphatic rings. The van der Waals surface area contributed by atoms with Crippen LogP contribution in [0.5, 0.6) is 0 Å². The SMILES string of the molecule is CN1CC2(CCC(O)CC2)CC1=O. The second-order valence-corrected chi connectivity index (χ2v) is 4.66. The molecule has 0 radical (unpaired) electrons. The first-order valence-electron chi connectivity index (χ1n) is 5.03. The normalized spacial score (nSPS) is 40.3. The van der Waals surface area contributed by atoms with Crippen LogP contribution in [0.25, 0.3) is 0 Å². The van der Waals surface area contributed by atoms with Crippen LogP contribution in [0.3, 0.4) is 0 Å². The Balaban J connectivity index is 2.03. The lowest BCUT2D eigenvalue weighted by molar-refractivity contribution is -0.126. The van der Waals surface area contributed by atoms with Gasteiger partial charge in [-0.25, -0.2) is 0 Å². The fourth-order valence-corrected chi connectivity index (χ4v) is 2.65. The van der Waals surface area contributed by atoms with Gasteiger partial charge in [0.1, 0.15) is 0 Å². The molecule has 0 atom stereocenters. The second kappa shape index (κ2) is 2.98. The van der Waals surface area contributed by atoms with E-state index >= 15 is 0 Å². The zero-order valence-electron chi connectivity index (χ0n) is 8.12. The van der Waals surface area contributed by atoms with Crippen LogP contribution in [0.1, 0.15) is 32.1 Å². The number of carbonyl (C=O) groups is 1. The Morgan fingerprint density at radius 1 is 1.46 bits per heavy atom. The van der Waals surface area contributed by atoms with Crippen molar-refractivity contribution in [2.45, 2.75) is 38.2 Å². The fourth-order valence-electron chi connectivity index (χ4n) is 2.65. The van der Waals surface area contributed by atoms with E-state index in [4.69, 9.17) is 0 Å². The van der Waals surface area contributed by atoms with Gasteiger partial charge in [0, 0.05) is 20.0 Å². The largest absolute Gasteiger partial charge is 0.393 e. The number of hydrogen-bond acceptors (Lipinski definition) is 2. The summed E-state index contributed by atoms with van der Waals surface area (Å²) in [7, 11) is 1.88. The summed E-state index contributed by atoms with van der Waals surface area (Å²) in [6.07, 6.45) is 4.37. The van der Waals surface area contributed by atoms with Crippen LogP contribution in [-0.2, 0) is 4.79 Å². The van der Waals surface area contributed by atoms with Crippen molar-refractivity contribution >= 4 is 5.91 Å². The number of carbonyl (C=O) groups excluding carboxylic acids is 1. The monoisotopic (exact) mass is 183 g/mol. The minimum atomic E-state index is -0.119. The van der Waals surface area contributed by atoms with Crippen molar-refractivity contribution in [1.29, 1.82) is 0 Å². The molecular weight excluding hydrogens is 166 g/mol. The maximum Gasteiger partial charge on any atom is 0.222 e. The van der Waals surface area contributed by atoms with Crippen LogP contribution in [0, 0.1) is 5.41 Å². The molecule has 0 aromatic heterocycles. The van der Waals surface area contributed by atoms with E-state index in [0.717, 1.165) is 32.2 Å². The van der Waals surface area contributed by atoms with E-state index in [0.29, 0.717) is 6.42 Å². The summed E-state index contributed by atoms with van der Waals surface area (Å²) in [4.78, 5) is 13.2. The summed E-state index contributed by atoms with van der Waals surface area (Å²) in [6.45, 7) is 0.901. The van der Waals surface area contributed by atoms with Crippen molar-refractivity contribution in [3.05, 3.63) is 0 Å². The van der Waals surface area contributed by atoms with Crippen molar-refractivity contribution < 1.29 is 9.90 Å². The second-order valence-electron chi connectivity index (χ2n) is 4.66. The number of aliphatic hydroxyl groups is 1. The fraction of sp³-hybridized carbons (Fsp3) is 0.900. The van der Waals surface area contributed by atoms with Gasteiger partial charge in [0.25, 0.3) is 0 Å². The molecule has 1 amide bonds. The van der Waals surface area contributed by atoms with Gasteiger partial charge in [0.15, 0.2) is 0 Å². The highest BCUT2D eigenvalue weighted by Gasteiger charge is 2.43. The molecule has 1 saturated heterocycles. The van der Waals surface area contributed by atoms with E-state index in [9.17, 15) is 9.90 Å². The molecule has 2 fully saturated rings. The summed E-state index contributed by atoms with van der Waals surface area (Å²) in [6, 6.07) is 0. The number of hydrogen-bond donors (Lipinski definition) is 1. The van der Waals surface area contributed by atoms with E-state index in [-0.39, 0.29) is 17.4 Å². The molecule has 1 aliphatic carbocycles. The molecule has 13 heavy (non-hydrogen) atoms. The third-order valence-corrected chi connectivity index (χ3v) is 3.54. The van der Waals surface area contributed by atoms with E-state index in [1.54, 1.807) is 0 Å². The molecule has 1 heterocycles. The van der Waals surface area contributed by atoms with Crippen molar-refractivity contribution in [1.82, 2.24) is 4.90 Å². The lowest BCUT2D eigenvalue weighted by atomic mass is 9.72. The summed E-state index contributed by atoms with van der Waals surface area (Å²) < 4.78 is 0. The van der Waals surface area contributed by atoms with Gasteiger partial charge in [0.05, 0.1) is 6.10 Å². The van der Waals surface area contributed by atoms with Crippen molar-refractivity contribution in [3.63, 3.8) is 0 Å². The Bertz CT molecular complexity index is 219. The number of amides is 1. The Kier molecular flexibility index (Phi) is 2.06. The van der Waals surface area contributed by atoms with Crippen LogP contribution in [0.15, 0.2) is 0 Å². The standard InChI is InChI=1S/C10H17NO2/c1-11-7-10(6-9(11)13)4-2-8(12)3-5-10/h8,12H,2-7H2,1H3. The number of nitrogens with zero attached hydrogens (tertiary/aromatic N) is 1. The van der Waals surface area contributed by atoms with Gasteiger partial charge in [-0.05, 0) is 31.1 Å². The quantitative estimate of drug-likeness (QED) is 0.602. The van der Waals surface area contributed by atoms with Crippen LogP contribution in [-0.4, -0.2) is 35.6 Å². The molecule has 0 unspecified atom stereocenters. The van der Waals surface area contributed by atoms with Gasteiger partial charge in [-0.2, -0.15) is 0 Å². The first-order chi connectivity index (χ1) is 6.11. The molecule has 1 aliphatic heterocycles. The van der Waals surface area contributed by atoms with Crippen LogP contribution < -0.4 is 0 Å². The highest BCUT2D eigenvalue weighted by Crippen LogP contribution is 2.43. The van der Waals surface area contributed by atoms with Gasteiger partial charge in [-0.3, -0.25) is 4.79 Å². The predicted octanol–water partition coefficient (Wildman–Crippen LogP) is 0.770. The van der Waals surface area contributed by atoms with Crippen LogP contribution in [0.4, 0.5) is 0 Å². The van der Waals surface area contributed by atoms with E-state index < -0.39 is 0 Å². The van der Waals surface area contributed by atoms with Gasteiger partial charge in [0.2, 0.25) is 5.91 Å². The summed E-state index contributed by atoms with van der Waals surface area (Å²) >= 11 is 0. The molecule has 74 valence electrons. The number of likely N-dealkylation sites (tertiary alicyclic amines) is 1. The lowest BCUT2D eigenvalue weighted by Gasteiger charge is -2.34. The minimum absolute atomic E-state index is 0.119. The van der Waals surface area contributed by atoms with Crippen molar-refractivity contribution in [3.8, 4) is 0 Å². The maximum absolute atomic E-state index is 11.4. The minimum Gasteiger partial charge on any atom is -0.393 e. The molecule has 0 aromatic carbocycles. The zero-order valence-corrected chi connectivity index (χ0v) is 8.12. The Hall–Kier alpha value is -0.570. The van der Waals surface area contributed by atoms with Gasteiger partial charge < -0.3 is 10.0 Å². The van der Waals surface area contributed by atoms with Crippen molar-refractivity contribution in [2.24, 2.45) is 5.41 Å². The predicted molar refractivity (Wildman–Crippen MR) is 49.2 cm³/mol. The highest BCUT2D eigenvalue weighted by molar-refractivity contribution is 5.79. The molecule has 0 aromatic rings. The Labute approximate surface area is 78.7 Å². The van der Waals surface area contributed by atoms with Gasteiger partial charge in [-0.15, -0.1) is 0 Å². The topological polar surface area (TPSA) is 40.5 Å². The first kappa shape index (κ1) is 9.00. The maximum atomic E-state index is 11.4. The molecule has 3 nitrogen and oxygen atoms in total. The Morgan fingerprint density at radius 3 is 2.54 bits per heavy atom. The van der Waals surface area contributed by atoms with Gasteiger partial charge >= 0.3 is 0 Å². The highest BCUT2D eigenvalue weighted by atomic mass is 16.3. The summed E-state index contributed by atoms with van der Waals surface area (Å²) in [5.74, 6) is 0.274. The zero-order chi connectivity index (χ0) is 9.47. The van der Waals surface area contributed by atoms with E-state index in [1.165, 1.54) is 0 Å². The molecule has 1 spiro atoms. The van der Waals surface area contributed by atoms with Crippen molar-refractivity contribution in [2.75, 3.05) is 13.6 Å². The van der Waals surface area contributed by atoms with E-state index in [2.05, 4.69) is 0 Å². The summed E-state index contributed by atoms with van der Waals surface area (Å²) in [5, 5.41) is 9.39. The van der Waals surface area contributed by atoms with Crippen LogP contribution in [0.2, 0.25) is 0 Å². The molecule has 3 heteroatoms. The summed E-state index contributed by atoms with van der Waals surface area (Å²) in [5.41, 5.74) is 0.213.